The Balaban J connectivity index is 1.78. The summed E-state index contributed by atoms with van der Waals surface area (Å²) in [6.07, 6.45) is 2.04. The number of benzene rings is 1. The van der Waals surface area contributed by atoms with E-state index in [4.69, 9.17) is 4.42 Å². The lowest BCUT2D eigenvalue weighted by atomic mass is 10.0. The van der Waals surface area contributed by atoms with Gasteiger partial charge in [-0.05, 0) is 55.7 Å². The maximum atomic E-state index is 12.2. The van der Waals surface area contributed by atoms with Gasteiger partial charge in [-0.15, -0.1) is 0 Å². The molecule has 0 saturated carbocycles. The fourth-order valence-corrected chi connectivity index (χ4v) is 2.72. The van der Waals surface area contributed by atoms with Crippen LogP contribution in [0.25, 0.3) is 11.0 Å². The Bertz CT molecular complexity index is 1010. The molecule has 0 spiro atoms. The van der Waals surface area contributed by atoms with Crippen LogP contribution < -0.4 is 10.9 Å². The summed E-state index contributed by atoms with van der Waals surface area (Å²) >= 11 is 0. The van der Waals surface area contributed by atoms with Gasteiger partial charge in [0.15, 0.2) is 0 Å². The maximum Gasteiger partial charge on any atom is 0.339 e. The number of aryl methyl sites for hydroxylation is 2. The van der Waals surface area contributed by atoms with Crippen LogP contribution in [0.4, 0.5) is 5.82 Å². The molecule has 0 saturated heterocycles. The van der Waals surface area contributed by atoms with Gasteiger partial charge < -0.3 is 14.8 Å². The lowest BCUT2D eigenvalue weighted by molar-refractivity contribution is -0.116. The summed E-state index contributed by atoms with van der Waals surface area (Å²) in [6, 6.07) is 8.26. The highest BCUT2D eigenvalue weighted by Gasteiger charge is 2.13. The Hall–Kier alpha value is -3.15. The van der Waals surface area contributed by atoms with Crippen molar-refractivity contribution >= 4 is 22.7 Å². The van der Waals surface area contributed by atoms with E-state index < -0.39 is 5.63 Å². The molecule has 128 valence electrons. The highest BCUT2D eigenvalue weighted by atomic mass is 16.4. The number of hydrogen-bond acceptors (Lipinski definition) is 5. The van der Waals surface area contributed by atoms with Crippen LogP contribution in [0.3, 0.4) is 0 Å². The topological polar surface area (TPSA) is 92.4 Å². The van der Waals surface area contributed by atoms with Crippen molar-refractivity contribution in [3.63, 3.8) is 0 Å². The van der Waals surface area contributed by atoms with Gasteiger partial charge in [-0.3, -0.25) is 4.79 Å². The monoisotopic (exact) mass is 338 g/mol. The molecular weight excluding hydrogens is 320 g/mol. The van der Waals surface area contributed by atoms with E-state index in [0.717, 1.165) is 16.5 Å². The molecule has 2 heterocycles. The van der Waals surface area contributed by atoms with Crippen LogP contribution in [0.2, 0.25) is 0 Å². The molecule has 0 aliphatic heterocycles. The third-order valence-electron chi connectivity index (χ3n) is 4.06. The molecule has 0 radical (unpaired) electrons. The molecular formula is C19H18N2O4. The minimum absolute atomic E-state index is 0.0350. The number of aromatic hydroxyl groups is 1. The van der Waals surface area contributed by atoms with Crippen LogP contribution in [-0.2, 0) is 11.2 Å². The minimum Gasteiger partial charge on any atom is -0.508 e. The van der Waals surface area contributed by atoms with E-state index in [1.54, 1.807) is 18.3 Å². The molecule has 0 fully saturated rings. The van der Waals surface area contributed by atoms with E-state index in [9.17, 15) is 14.7 Å². The first-order chi connectivity index (χ1) is 11.9. The van der Waals surface area contributed by atoms with Crippen molar-refractivity contribution in [3.05, 3.63) is 63.6 Å². The van der Waals surface area contributed by atoms with Crippen molar-refractivity contribution < 1.29 is 14.3 Å². The Morgan fingerprint density at radius 1 is 1.24 bits per heavy atom. The average Bonchev–Trinajstić information content (AvgIpc) is 2.54. The standard InChI is InChI=1S/C19H18N2O4/c1-11-7-8-20-17(9-11)21-18(23)6-5-15-12(2)14-4-3-13(22)10-16(14)25-19(15)24/h3-4,7-10,22H,5-6H2,1-2H3,(H,20,21,23). The predicted molar refractivity (Wildman–Crippen MR) is 94.8 cm³/mol. The second-order valence-electron chi connectivity index (χ2n) is 5.94. The SMILES string of the molecule is Cc1ccnc(NC(=O)CCc2c(C)c3ccc(O)cc3oc2=O)c1. The van der Waals surface area contributed by atoms with Crippen LogP contribution in [0.15, 0.2) is 45.7 Å². The second-order valence-corrected chi connectivity index (χ2v) is 5.94. The number of fused-ring (bicyclic) bond motifs is 1. The number of nitrogens with one attached hydrogen (secondary N) is 1. The number of carbonyl (C=O) groups excluding carboxylic acids is 1. The minimum atomic E-state index is -0.489. The van der Waals surface area contributed by atoms with Crippen LogP contribution in [-0.4, -0.2) is 16.0 Å². The summed E-state index contributed by atoms with van der Waals surface area (Å²) in [5.74, 6) is 0.304. The van der Waals surface area contributed by atoms with E-state index in [-0.39, 0.29) is 24.5 Å². The Kier molecular flexibility index (Phi) is 4.52. The van der Waals surface area contributed by atoms with Crippen molar-refractivity contribution in [1.29, 1.82) is 0 Å². The summed E-state index contributed by atoms with van der Waals surface area (Å²) < 4.78 is 5.26. The first kappa shape index (κ1) is 16.7. The van der Waals surface area contributed by atoms with E-state index in [0.29, 0.717) is 17.0 Å². The van der Waals surface area contributed by atoms with Crippen molar-refractivity contribution in [3.8, 4) is 5.75 Å². The summed E-state index contributed by atoms with van der Waals surface area (Å²) in [5, 5.41) is 13.0. The van der Waals surface area contributed by atoms with Crippen molar-refractivity contribution in [2.45, 2.75) is 26.7 Å². The number of amides is 1. The Morgan fingerprint density at radius 3 is 2.80 bits per heavy atom. The van der Waals surface area contributed by atoms with Gasteiger partial charge in [-0.2, -0.15) is 0 Å². The van der Waals surface area contributed by atoms with Gasteiger partial charge in [-0.1, -0.05) is 0 Å². The van der Waals surface area contributed by atoms with Crippen molar-refractivity contribution in [2.24, 2.45) is 0 Å². The summed E-state index contributed by atoms with van der Waals surface area (Å²) in [7, 11) is 0. The number of pyridine rings is 1. The largest absolute Gasteiger partial charge is 0.508 e. The van der Waals surface area contributed by atoms with E-state index >= 15 is 0 Å². The summed E-state index contributed by atoms with van der Waals surface area (Å²) in [4.78, 5) is 28.4. The number of hydrogen-bond donors (Lipinski definition) is 2. The van der Waals surface area contributed by atoms with Gasteiger partial charge in [0.2, 0.25) is 5.91 Å². The highest BCUT2D eigenvalue weighted by Crippen LogP contribution is 2.23. The molecule has 1 aromatic carbocycles. The smallest absolute Gasteiger partial charge is 0.339 e. The zero-order valence-corrected chi connectivity index (χ0v) is 14.0. The zero-order chi connectivity index (χ0) is 18.0. The Labute approximate surface area is 144 Å². The third-order valence-corrected chi connectivity index (χ3v) is 4.06. The molecule has 6 nitrogen and oxygen atoms in total. The molecule has 3 aromatic rings. The maximum absolute atomic E-state index is 12.2. The predicted octanol–water partition coefficient (Wildman–Crippen LogP) is 3.08. The van der Waals surface area contributed by atoms with Crippen LogP contribution >= 0.6 is 0 Å². The van der Waals surface area contributed by atoms with Gasteiger partial charge in [-0.25, -0.2) is 9.78 Å². The lowest BCUT2D eigenvalue weighted by Crippen LogP contribution is -2.17. The van der Waals surface area contributed by atoms with Crippen LogP contribution in [0, 0.1) is 13.8 Å². The van der Waals surface area contributed by atoms with Crippen LogP contribution in [0.1, 0.15) is 23.1 Å². The lowest BCUT2D eigenvalue weighted by Gasteiger charge is -2.08. The van der Waals surface area contributed by atoms with Gasteiger partial charge in [0, 0.05) is 29.6 Å². The molecule has 6 heteroatoms. The number of anilines is 1. The number of carbonyl (C=O) groups is 1. The van der Waals surface area contributed by atoms with Crippen molar-refractivity contribution in [1.82, 2.24) is 4.98 Å². The number of rotatable bonds is 4. The second kappa shape index (κ2) is 6.76. The van der Waals surface area contributed by atoms with Crippen LogP contribution in [0.5, 0.6) is 5.75 Å². The number of nitrogens with zero attached hydrogens (tertiary/aromatic N) is 1. The highest BCUT2D eigenvalue weighted by molar-refractivity contribution is 5.90. The van der Waals surface area contributed by atoms with E-state index in [2.05, 4.69) is 10.3 Å². The quantitative estimate of drug-likeness (QED) is 0.713. The van der Waals surface area contributed by atoms with Gasteiger partial charge in [0.1, 0.15) is 17.2 Å². The summed E-state index contributed by atoms with van der Waals surface area (Å²) in [6.45, 7) is 3.73. The number of phenolic OH excluding ortho intramolecular Hbond substituents is 1. The third kappa shape index (κ3) is 3.68. The molecule has 0 aliphatic rings. The molecule has 0 atom stereocenters. The molecule has 1 amide bonds. The number of aromatic nitrogens is 1. The molecule has 2 N–H and O–H groups in total. The fourth-order valence-electron chi connectivity index (χ4n) is 2.72. The van der Waals surface area contributed by atoms with Gasteiger partial charge in [0.25, 0.3) is 0 Å². The fraction of sp³-hybridized carbons (Fsp3) is 0.211. The van der Waals surface area contributed by atoms with E-state index in [1.807, 2.05) is 19.9 Å². The van der Waals surface area contributed by atoms with E-state index in [1.165, 1.54) is 12.1 Å². The molecule has 25 heavy (non-hydrogen) atoms. The first-order valence-corrected chi connectivity index (χ1v) is 7.92. The average molecular weight is 338 g/mol. The zero-order valence-electron chi connectivity index (χ0n) is 14.0. The molecule has 0 bridgehead atoms. The summed E-state index contributed by atoms with van der Waals surface area (Å²) in [5.41, 5.74) is 2.06. The first-order valence-electron chi connectivity index (χ1n) is 7.92. The molecule has 0 aliphatic carbocycles. The van der Waals surface area contributed by atoms with Gasteiger partial charge in [0.05, 0.1) is 0 Å². The molecule has 3 rings (SSSR count). The molecule has 2 aromatic heterocycles. The normalized spacial score (nSPS) is 10.8. The van der Waals surface area contributed by atoms with Crippen molar-refractivity contribution in [2.75, 3.05) is 5.32 Å². The Morgan fingerprint density at radius 2 is 2.04 bits per heavy atom. The van der Waals surface area contributed by atoms with Gasteiger partial charge >= 0.3 is 5.63 Å². The number of phenols is 1. The molecule has 0 unspecified atom stereocenters.